The maximum atomic E-state index is 11.4. The lowest BCUT2D eigenvalue weighted by atomic mass is 10.1. The minimum Gasteiger partial charge on any atom is -0.357 e. The summed E-state index contributed by atoms with van der Waals surface area (Å²) in [5, 5.41) is 13.7. The number of aliphatic imine (C=N–C) groups is 1. The highest BCUT2D eigenvalue weighted by molar-refractivity contribution is 6.27. The van der Waals surface area contributed by atoms with Crippen molar-refractivity contribution in [2.24, 2.45) is 4.99 Å². The van der Waals surface area contributed by atoms with Gasteiger partial charge in [-0.1, -0.05) is 0 Å². The van der Waals surface area contributed by atoms with Crippen LogP contribution in [0.2, 0.25) is 0 Å². The first-order valence-electron chi connectivity index (χ1n) is 3.68. The molecule has 0 spiro atoms. The molecule has 0 bridgehead atoms. The normalized spacial score (nSPS) is 30.9. The van der Waals surface area contributed by atoms with Crippen molar-refractivity contribution in [3.8, 4) is 0 Å². The van der Waals surface area contributed by atoms with Gasteiger partial charge in [-0.15, -0.1) is 0 Å². The largest absolute Gasteiger partial charge is 0.357 e. The number of imide groups is 1. The van der Waals surface area contributed by atoms with Crippen LogP contribution in [0.3, 0.4) is 0 Å². The number of hydrogen-bond acceptors (Lipinski definition) is 4. The van der Waals surface area contributed by atoms with Crippen molar-refractivity contribution in [2.45, 2.75) is 5.72 Å². The van der Waals surface area contributed by atoms with Gasteiger partial charge in [-0.2, -0.15) is 4.99 Å². The number of carbonyl (C=O) groups excluding carboxylic acids is 3. The molecule has 2 heterocycles. The van der Waals surface area contributed by atoms with Gasteiger partial charge in [-0.05, 0) is 0 Å². The summed E-state index contributed by atoms with van der Waals surface area (Å²) in [6, 6.07) is -1.61. The number of amides is 5. The summed E-state index contributed by atoms with van der Waals surface area (Å²) in [5.41, 5.74) is -2.22. The predicted octanol–water partition coefficient (Wildman–Crippen LogP) is -2.02. The highest BCUT2D eigenvalue weighted by Gasteiger charge is 2.54. The molecule has 1 unspecified atom stereocenters. The van der Waals surface area contributed by atoms with Gasteiger partial charge in [0.25, 0.3) is 11.6 Å². The maximum Gasteiger partial charge on any atom is 0.351 e. The van der Waals surface area contributed by atoms with Crippen LogP contribution < -0.4 is 10.6 Å². The molecule has 74 valence electrons. The van der Waals surface area contributed by atoms with E-state index in [2.05, 4.69) is 10.3 Å². The molecule has 5 amide bonds. The molecule has 0 radical (unpaired) electrons. The van der Waals surface area contributed by atoms with E-state index in [1.54, 1.807) is 0 Å². The average Bonchev–Trinajstić information content (AvgIpc) is 2.39. The third-order valence-corrected chi connectivity index (χ3v) is 1.98. The minimum absolute atomic E-state index is 0.379. The third kappa shape index (κ3) is 0.852. The molecule has 3 N–H and O–H groups in total. The van der Waals surface area contributed by atoms with E-state index in [1.165, 1.54) is 0 Å². The summed E-state index contributed by atoms with van der Waals surface area (Å²) < 4.78 is 0. The van der Waals surface area contributed by atoms with E-state index >= 15 is 0 Å². The van der Waals surface area contributed by atoms with Crippen molar-refractivity contribution < 1.29 is 19.5 Å². The number of nitrogens with one attached hydrogen (secondary N) is 2. The van der Waals surface area contributed by atoms with Gasteiger partial charge in [0.2, 0.25) is 0 Å². The number of aliphatic hydroxyl groups is 1. The fourth-order valence-electron chi connectivity index (χ4n) is 1.22. The number of amidine groups is 1. The maximum absolute atomic E-state index is 11.4. The molecule has 8 nitrogen and oxygen atoms in total. The van der Waals surface area contributed by atoms with Crippen LogP contribution in [0, 0.1) is 0 Å². The fourth-order valence-corrected chi connectivity index (χ4v) is 1.22. The Balaban J connectivity index is 2.53. The highest BCUT2D eigenvalue weighted by atomic mass is 16.3. The number of carbonyl (C=O) groups is 3. The average molecular weight is 198 g/mol. The van der Waals surface area contributed by atoms with Crippen molar-refractivity contribution >= 4 is 23.8 Å². The van der Waals surface area contributed by atoms with Gasteiger partial charge in [0.05, 0.1) is 0 Å². The molecule has 2 aliphatic heterocycles. The Hall–Kier alpha value is -1.96. The van der Waals surface area contributed by atoms with Gasteiger partial charge < -0.3 is 5.11 Å². The lowest BCUT2D eigenvalue weighted by Gasteiger charge is -2.28. The Bertz CT molecular complexity index is 389. The van der Waals surface area contributed by atoms with Gasteiger partial charge in [0.1, 0.15) is 0 Å². The van der Waals surface area contributed by atoms with E-state index in [4.69, 9.17) is 0 Å². The van der Waals surface area contributed by atoms with E-state index in [0.717, 1.165) is 7.05 Å². The zero-order valence-electron chi connectivity index (χ0n) is 7.07. The van der Waals surface area contributed by atoms with Crippen molar-refractivity contribution in [1.82, 2.24) is 15.5 Å². The number of rotatable bonds is 0. The van der Waals surface area contributed by atoms with Crippen LogP contribution in [0.4, 0.5) is 9.59 Å². The molecular weight excluding hydrogens is 192 g/mol. The van der Waals surface area contributed by atoms with Crippen LogP contribution in [0.25, 0.3) is 0 Å². The van der Waals surface area contributed by atoms with Crippen molar-refractivity contribution in [3.63, 3.8) is 0 Å². The van der Waals surface area contributed by atoms with Crippen LogP contribution in [0.15, 0.2) is 4.99 Å². The van der Waals surface area contributed by atoms with Crippen molar-refractivity contribution in [2.75, 3.05) is 7.05 Å². The van der Waals surface area contributed by atoms with Crippen LogP contribution in [0.5, 0.6) is 0 Å². The number of urea groups is 2. The van der Waals surface area contributed by atoms with E-state index < -0.39 is 23.7 Å². The van der Waals surface area contributed by atoms with Gasteiger partial charge in [-0.3, -0.25) is 20.3 Å². The summed E-state index contributed by atoms with van der Waals surface area (Å²) >= 11 is 0. The number of fused-ring (bicyclic) bond motifs is 1. The molecule has 0 aliphatic carbocycles. The molecule has 2 aliphatic rings. The first kappa shape index (κ1) is 8.63. The summed E-state index contributed by atoms with van der Waals surface area (Å²) in [7, 11) is 1.16. The Labute approximate surface area is 77.6 Å². The molecule has 1 saturated heterocycles. The van der Waals surface area contributed by atoms with Crippen LogP contribution in [-0.2, 0) is 4.79 Å². The zero-order chi connectivity index (χ0) is 10.5. The van der Waals surface area contributed by atoms with Gasteiger partial charge in [-0.25, -0.2) is 9.59 Å². The summed E-state index contributed by atoms with van der Waals surface area (Å²) in [6.45, 7) is 0. The molecule has 0 aromatic carbocycles. The van der Waals surface area contributed by atoms with Crippen LogP contribution >= 0.6 is 0 Å². The smallest absolute Gasteiger partial charge is 0.351 e. The number of likely N-dealkylation sites (N-methyl/N-ethyl adjacent to an activating group) is 1. The van der Waals surface area contributed by atoms with E-state index in [9.17, 15) is 19.5 Å². The Morgan fingerprint density at radius 1 is 1.43 bits per heavy atom. The number of nitrogens with zero attached hydrogens (tertiary/aromatic N) is 2. The second kappa shape index (κ2) is 2.29. The lowest BCUT2D eigenvalue weighted by Crippen LogP contribution is -2.62. The fraction of sp³-hybridized carbons (Fsp3) is 0.333. The topological polar surface area (TPSA) is 111 Å². The van der Waals surface area contributed by atoms with E-state index in [-0.39, 0.29) is 5.84 Å². The highest BCUT2D eigenvalue weighted by Crippen LogP contribution is 2.17. The molecule has 1 fully saturated rings. The Morgan fingerprint density at radius 2 is 2.07 bits per heavy atom. The number of hydrogen-bond donors (Lipinski definition) is 3. The predicted molar refractivity (Wildman–Crippen MR) is 42.2 cm³/mol. The van der Waals surface area contributed by atoms with Gasteiger partial charge in [0.15, 0.2) is 5.84 Å². The SMILES string of the molecule is CN1C(=O)N=C2NC(=O)NC2(O)C1=O. The van der Waals surface area contributed by atoms with Crippen LogP contribution in [-0.4, -0.2) is 46.6 Å². The molecule has 14 heavy (non-hydrogen) atoms. The summed E-state index contributed by atoms with van der Waals surface area (Å²) in [6.07, 6.45) is 0. The Kier molecular flexibility index (Phi) is 1.41. The molecule has 0 aromatic heterocycles. The van der Waals surface area contributed by atoms with Crippen molar-refractivity contribution in [1.29, 1.82) is 0 Å². The standard InChI is InChI=1S/C6H6N4O4/c1-10-3(11)6(14)2(8-5(10)13)7-4(12)9-6/h14H,1H3,(H2,7,8,9,12,13). The second-order valence-corrected chi connectivity index (χ2v) is 2.90. The zero-order valence-corrected chi connectivity index (χ0v) is 7.07. The summed E-state index contributed by atoms with van der Waals surface area (Å²) in [5.74, 6) is -1.32. The quantitative estimate of drug-likeness (QED) is 0.417. The third-order valence-electron chi connectivity index (χ3n) is 1.98. The molecule has 2 rings (SSSR count). The Morgan fingerprint density at radius 3 is 2.71 bits per heavy atom. The monoisotopic (exact) mass is 198 g/mol. The van der Waals surface area contributed by atoms with E-state index in [0.29, 0.717) is 4.90 Å². The lowest BCUT2D eigenvalue weighted by molar-refractivity contribution is -0.141. The summed E-state index contributed by atoms with van der Waals surface area (Å²) in [4.78, 5) is 37.2. The first-order valence-corrected chi connectivity index (χ1v) is 3.68. The molecular formula is C6H6N4O4. The molecule has 0 saturated carbocycles. The van der Waals surface area contributed by atoms with Gasteiger partial charge in [0, 0.05) is 7.05 Å². The molecule has 1 atom stereocenters. The van der Waals surface area contributed by atoms with Gasteiger partial charge >= 0.3 is 12.1 Å². The van der Waals surface area contributed by atoms with Crippen molar-refractivity contribution in [3.05, 3.63) is 0 Å². The molecule has 8 heteroatoms. The first-order chi connectivity index (χ1) is 6.45. The van der Waals surface area contributed by atoms with E-state index in [1.807, 2.05) is 5.32 Å². The minimum atomic E-state index is -2.22. The van der Waals surface area contributed by atoms with Crippen LogP contribution in [0.1, 0.15) is 0 Å². The second-order valence-electron chi connectivity index (χ2n) is 2.90. The molecule has 0 aromatic rings.